The van der Waals surface area contributed by atoms with Gasteiger partial charge in [-0.1, -0.05) is 33.6 Å². The Bertz CT molecular complexity index is 3120. The Morgan fingerprint density at radius 2 is 1.72 bits per heavy atom. The lowest BCUT2D eigenvalue weighted by atomic mass is 9.84. The first-order valence-electron chi connectivity index (χ1n) is 25.5. The van der Waals surface area contributed by atoms with Gasteiger partial charge in [0.05, 0.1) is 52.2 Å². The molecular weight excluding hydrogens is 1050 g/mol. The highest BCUT2D eigenvalue weighted by Gasteiger charge is 2.40. The largest absolute Gasteiger partial charge is 0.464 e. The molecule has 6 heterocycles. The number of amides is 3. The lowest BCUT2D eigenvalue weighted by Gasteiger charge is -2.36. The Labute approximate surface area is 451 Å². The predicted molar refractivity (Wildman–Crippen MR) is 279 cm³/mol. The number of hydrogen-bond acceptors (Lipinski definition) is 12. The summed E-state index contributed by atoms with van der Waals surface area (Å²) < 4.78 is 113. The third-order valence-electron chi connectivity index (χ3n) is 14.3. The molecule has 0 unspecified atom stereocenters. The molecule has 3 aliphatic rings. The van der Waals surface area contributed by atoms with Crippen LogP contribution in [-0.4, -0.2) is 144 Å². The van der Waals surface area contributed by atoms with Crippen LogP contribution in [0.25, 0.3) is 33.4 Å². The zero-order chi connectivity index (χ0) is 56.6. The summed E-state index contributed by atoms with van der Waals surface area (Å²) in [7, 11) is 4.87. The number of carbonyl (C=O) groups is 4. The van der Waals surface area contributed by atoms with E-state index in [0.29, 0.717) is 42.0 Å². The number of alkyl halides is 6. The van der Waals surface area contributed by atoms with E-state index in [9.17, 15) is 32.3 Å². The number of carbonyl (C=O) groups excluding carboxylic acids is 4. The molecule has 6 bridgehead atoms. The number of anilines is 1. The molecular formula is C55H62F7N9O6S. The van der Waals surface area contributed by atoms with Gasteiger partial charge >= 0.3 is 18.3 Å². The second-order valence-corrected chi connectivity index (χ2v) is 22.2. The van der Waals surface area contributed by atoms with Crippen molar-refractivity contribution < 1.29 is 59.4 Å². The second-order valence-electron chi connectivity index (χ2n) is 21.3. The van der Waals surface area contributed by atoms with Crippen LogP contribution >= 0.6 is 11.3 Å². The smallest absolute Gasteiger partial charge is 0.458 e. The van der Waals surface area contributed by atoms with Crippen molar-refractivity contribution in [3.8, 4) is 34.4 Å². The molecule has 0 aliphatic carbocycles. The number of esters is 1. The van der Waals surface area contributed by atoms with Crippen LogP contribution in [0.3, 0.4) is 0 Å². The summed E-state index contributed by atoms with van der Waals surface area (Å²) in [4.78, 5) is 72.1. The average Bonchev–Trinajstić information content (AvgIpc) is 4.12. The molecule has 2 fully saturated rings. The molecule has 4 atom stereocenters. The number of cyclic esters (lactones) is 1. The maximum Gasteiger partial charge on any atom is 0.458 e. The van der Waals surface area contributed by atoms with Crippen LogP contribution in [0, 0.1) is 29.0 Å². The number of piperazine rings is 1. The van der Waals surface area contributed by atoms with E-state index >= 15 is 17.6 Å². The highest BCUT2D eigenvalue weighted by atomic mass is 32.1. The van der Waals surface area contributed by atoms with Gasteiger partial charge in [-0.25, -0.2) is 14.8 Å². The minimum absolute atomic E-state index is 0.00931. The van der Waals surface area contributed by atoms with Gasteiger partial charge in [-0.05, 0) is 87.2 Å². The minimum Gasteiger partial charge on any atom is -0.464 e. The summed E-state index contributed by atoms with van der Waals surface area (Å²) in [5.41, 5.74) is 4.06. The first-order chi connectivity index (χ1) is 36.7. The normalized spacial score (nSPS) is 19.4. The van der Waals surface area contributed by atoms with E-state index in [0.717, 1.165) is 40.0 Å². The molecule has 0 saturated carbocycles. The SMILES string of the molecule is CO[C@@H](C)c1ncc(N2CCN(C)CC2)cc1-c1c2c3cc(c(F)cc3n1CC(F)(F)F)-c1csc(n1)C[C@H](NC(=O)[C@H](C(C)C)N(C)C(=O)c1ccc(C#CC(F)(F)F)cc1)C(=O)N1CCC[C@H](N1)C(=O)OCC(C)(C)C2. The summed E-state index contributed by atoms with van der Waals surface area (Å²) in [6.45, 7) is 9.92. The van der Waals surface area contributed by atoms with Crippen LogP contribution in [0.15, 0.2) is 54.0 Å². The van der Waals surface area contributed by atoms with Crippen LogP contribution < -0.4 is 15.6 Å². The van der Waals surface area contributed by atoms with E-state index in [2.05, 4.69) is 20.5 Å². The molecule has 78 heavy (non-hydrogen) atoms. The number of nitrogens with zero attached hydrogens (tertiary/aromatic N) is 7. The number of ether oxygens (including phenoxy) is 2. The van der Waals surface area contributed by atoms with Crippen molar-refractivity contribution in [2.45, 2.75) is 103 Å². The van der Waals surface area contributed by atoms with Crippen LogP contribution in [0.1, 0.15) is 85.8 Å². The standard InChI is InChI=1S/C55H62F7N9O6S/c1-31(2)47(68(7)50(73)34-13-11-33(12-14-34)15-16-54(57,58)59)49(72)65-42-25-45-64-43(28-78-45)37-23-36-39(26-53(4,5)30-77-52(75)41-10-9-17-71(66-41)51(42)74)48(70(29-55(60,61)62)44(36)24-40(37)56)38-22-35(27-63-46(38)32(3)76-8)69-20-18-67(6)19-21-69/h11-14,22-24,27-28,31-32,41-42,47,66H,9-10,17-21,25-26,29-30H2,1-8H3,(H,65,72)/t32-,41-,42-,47-/m0/s1. The van der Waals surface area contributed by atoms with Gasteiger partial charge in [0.2, 0.25) is 5.91 Å². The summed E-state index contributed by atoms with van der Waals surface area (Å²) >= 11 is 1.06. The van der Waals surface area contributed by atoms with Crippen LogP contribution in [-0.2, 0) is 43.2 Å². The minimum atomic E-state index is -4.78. The van der Waals surface area contributed by atoms with Crippen molar-refractivity contribution in [2.24, 2.45) is 11.3 Å². The number of nitrogens with one attached hydrogen (secondary N) is 2. The Morgan fingerprint density at radius 1 is 1.01 bits per heavy atom. The van der Waals surface area contributed by atoms with E-state index in [1.165, 1.54) is 55.4 Å². The number of likely N-dealkylation sites (N-methyl/N-ethyl adjacent to an activating group) is 2. The van der Waals surface area contributed by atoms with Crippen molar-refractivity contribution in [1.82, 2.24) is 40.1 Å². The average molecular weight is 1110 g/mol. The number of benzene rings is 2. The predicted octanol–water partition coefficient (Wildman–Crippen LogP) is 8.35. The number of fused-ring (bicyclic) bond motifs is 6. The van der Waals surface area contributed by atoms with Crippen LogP contribution in [0.2, 0.25) is 0 Å². The van der Waals surface area contributed by atoms with Gasteiger partial charge in [0.25, 0.3) is 11.8 Å². The third-order valence-corrected chi connectivity index (χ3v) is 15.2. The van der Waals surface area contributed by atoms with Crippen molar-refractivity contribution in [2.75, 3.05) is 65.4 Å². The molecule has 2 aromatic carbocycles. The van der Waals surface area contributed by atoms with E-state index < -0.39 is 84.0 Å². The van der Waals surface area contributed by atoms with Gasteiger partial charge in [-0.15, -0.1) is 11.3 Å². The number of hydrogen-bond donors (Lipinski definition) is 2. The molecule has 418 valence electrons. The van der Waals surface area contributed by atoms with Gasteiger partial charge < -0.3 is 34.1 Å². The number of methoxy groups -OCH3 is 1. The van der Waals surface area contributed by atoms with Crippen LogP contribution in [0.5, 0.6) is 0 Å². The van der Waals surface area contributed by atoms with E-state index in [4.69, 9.17) is 19.4 Å². The molecule has 5 aromatic rings. The molecule has 3 amide bonds. The Balaban J connectivity index is 1.23. The fraction of sp³-hybridized carbons (Fsp3) is 0.491. The van der Waals surface area contributed by atoms with Gasteiger partial charge in [-0.3, -0.25) is 29.2 Å². The first-order valence-corrected chi connectivity index (χ1v) is 26.4. The summed E-state index contributed by atoms with van der Waals surface area (Å²) in [5, 5.41) is 6.15. The fourth-order valence-electron chi connectivity index (χ4n) is 10.2. The molecule has 0 radical (unpaired) electrons. The number of halogens is 7. The zero-order valence-electron chi connectivity index (χ0n) is 44.5. The van der Waals surface area contributed by atoms with Gasteiger partial charge in [0.1, 0.15) is 30.5 Å². The lowest BCUT2D eigenvalue weighted by Crippen LogP contribution is -2.62. The number of aromatic nitrogens is 3. The van der Waals surface area contributed by atoms with Gasteiger partial charge in [-0.2, -0.15) is 26.3 Å². The summed E-state index contributed by atoms with van der Waals surface area (Å²) in [5.74, 6) is -0.989. The van der Waals surface area contributed by atoms with Crippen LogP contribution in [0.4, 0.5) is 36.4 Å². The zero-order valence-corrected chi connectivity index (χ0v) is 45.3. The molecule has 3 aromatic heterocycles. The van der Waals surface area contributed by atoms with E-state index in [-0.39, 0.29) is 76.4 Å². The number of rotatable bonds is 10. The van der Waals surface area contributed by atoms with Crippen molar-refractivity contribution in [3.63, 3.8) is 0 Å². The monoisotopic (exact) mass is 1110 g/mol. The number of thiazole rings is 1. The van der Waals surface area contributed by atoms with Crippen molar-refractivity contribution in [1.29, 1.82) is 0 Å². The van der Waals surface area contributed by atoms with E-state index in [1.54, 1.807) is 32.3 Å². The Morgan fingerprint density at radius 3 is 2.37 bits per heavy atom. The Hall–Kier alpha value is -6.61. The van der Waals surface area contributed by atoms with E-state index in [1.807, 2.05) is 32.9 Å². The second kappa shape index (κ2) is 23.0. The number of pyridine rings is 1. The van der Waals surface area contributed by atoms with Gasteiger partial charge in [0, 0.05) is 97.7 Å². The highest BCUT2D eigenvalue weighted by Crippen LogP contribution is 2.45. The first kappa shape index (κ1) is 57.6. The number of hydrazine groups is 1. The molecule has 3 aliphatic heterocycles. The molecule has 15 nitrogen and oxygen atoms in total. The molecule has 2 N–H and O–H groups in total. The summed E-state index contributed by atoms with van der Waals surface area (Å²) in [6.07, 6.45) is -8.09. The maximum absolute atomic E-state index is 17.0. The quantitative estimate of drug-likeness (QED) is 0.0788. The molecule has 2 saturated heterocycles. The van der Waals surface area contributed by atoms with Crippen molar-refractivity contribution >= 4 is 51.6 Å². The summed E-state index contributed by atoms with van der Waals surface area (Å²) in [6, 6.07) is 5.84. The molecule has 8 rings (SSSR count). The molecule has 0 spiro atoms. The molecule has 23 heteroatoms. The maximum atomic E-state index is 17.0. The topological polar surface area (TPSA) is 154 Å². The fourth-order valence-corrected chi connectivity index (χ4v) is 11.1. The highest BCUT2D eigenvalue weighted by molar-refractivity contribution is 7.10. The van der Waals surface area contributed by atoms with Crippen molar-refractivity contribution in [3.05, 3.63) is 87.3 Å². The lowest BCUT2D eigenvalue weighted by molar-refractivity contribution is -0.155. The van der Waals surface area contributed by atoms with Gasteiger partial charge in [0.15, 0.2) is 0 Å². The third kappa shape index (κ3) is 13.1. The Kier molecular flexibility index (Phi) is 17.0.